The summed E-state index contributed by atoms with van der Waals surface area (Å²) in [6.45, 7) is 3.56. The van der Waals surface area contributed by atoms with Gasteiger partial charge >= 0.3 is 12.0 Å². The summed E-state index contributed by atoms with van der Waals surface area (Å²) in [7, 11) is 1.78. The summed E-state index contributed by atoms with van der Waals surface area (Å²) in [5.41, 5.74) is 0.708. The maximum atomic E-state index is 11.7. The zero-order valence-corrected chi connectivity index (χ0v) is 10.2. The fourth-order valence-electron chi connectivity index (χ4n) is 1.37. The topological polar surface area (TPSA) is 87.5 Å². The minimum absolute atomic E-state index is 0.181. The first-order valence-electron chi connectivity index (χ1n) is 5.37. The van der Waals surface area contributed by atoms with E-state index in [9.17, 15) is 9.59 Å². The van der Waals surface area contributed by atoms with Crippen molar-refractivity contribution in [2.24, 2.45) is 7.05 Å². The molecule has 1 aromatic heterocycles. The van der Waals surface area contributed by atoms with Crippen LogP contribution in [-0.2, 0) is 18.4 Å². The highest BCUT2D eigenvalue weighted by atomic mass is 16.4. The van der Waals surface area contributed by atoms with E-state index in [1.807, 2.05) is 0 Å². The molecule has 1 rings (SSSR count). The normalized spacial score (nSPS) is 9.83. The van der Waals surface area contributed by atoms with E-state index >= 15 is 0 Å². The number of hydrogen-bond donors (Lipinski definition) is 2. The summed E-state index contributed by atoms with van der Waals surface area (Å²) in [6.07, 6.45) is 3.24. The predicted octanol–water partition coefficient (Wildman–Crippen LogP) is 0.202. The van der Waals surface area contributed by atoms with Crippen molar-refractivity contribution in [3.8, 4) is 0 Å². The molecule has 2 amide bonds. The number of urea groups is 1. The van der Waals surface area contributed by atoms with Crippen LogP contribution in [0.4, 0.5) is 4.79 Å². The zero-order chi connectivity index (χ0) is 13.5. The van der Waals surface area contributed by atoms with Crippen LogP contribution in [0, 0.1) is 0 Å². The summed E-state index contributed by atoms with van der Waals surface area (Å²) in [6, 6.07) is 1.32. The maximum Gasteiger partial charge on any atom is 0.323 e. The van der Waals surface area contributed by atoms with Gasteiger partial charge in [0.1, 0.15) is 6.54 Å². The first-order valence-corrected chi connectivity index (χ1v) is 5.37. The average molecular weight is 252 g/mol. The van der Waals surface area contributed by atoms with Crippen LogP contribution in [0.25, 0.3) is 0 Å². The van der Waals surface area contributed by atoms with Crippen LogP contribution in [0.5, 0.6) is 0 Å². The minimum Gasteiger partial charge on any atom is -0.480 e. The van der Waals surface area contributed by atoms with Crippen molar-refractivity contribution in [1.29, 1.82) is 0 Å². The lowest BCUT2D eigenvalue weighted by Gasteiger charge is -2.18. The number of carbonyl (C=O) groups excluding carboxylic acids is 1. The first kappa shape index (κ1) is 13.8. The lowest BCUT2D eigenvalue weighted by Crippen LogP contribution is -2.42. The largest absolute Gasteiger partial charge is 0.480 e. The molecule has 0 aliphatic heterocycles. The Morgan fingerprint density at radius 3 is 2.89 bits per heavy atom. The van der Waals surface area contributed by atoms with Gasteiger partial charge in [-0.25, -0.2) is 4.79 Å². The molecule has 0 unspecified atom stereocenters. The van der Waals surface area contributed by atoms with Gasteiger partial charge in [0.25, 0.3) is 0 Å². The van der Waals surface area contributed by atoms with E-state index in [2.05, 4.69) is 17.0 Å². The SMILES string of the molecule is C=CCN(CC(=O)O)C(=O)NCc1ccn(C)n1. The Balaban J connectivity index is 2.50. The van der Waals surface area contributed by atoms with Crippen LogP contribution < -0.4 is 5.32 Å². The summed E-state index contributed by atoms with van der Waals surface area (Å²) in [4.78, 5) is 23.5. The molecular weight excluding hydrogens is 236 g/mol. The number of carbonyl (C=O) groups is 2. The number of hydrogen-bond acceptors (Lipinski definition) is 3. The van der Waals surface area contributed by atoms with Crippen molar-refractivity contribution in [1.82, 2.24) is 20.0 Å². The van der Waals surface area contributed by atoms with Gasteiger partial charge in [-0.05, 0) is 6.07 Å². The van der Waals surface area contributed by atoms with Gasteiger partial charge in [-0.3, -0.25) is 9.48 Å². The van der Waals surface area contributed by atoms with E-state index in [1.54, 1.807) is 24.0 Å². The van der Waals surface area contributed by atoms with Gasteiger partial charge in [-0.1, -0.05) is 6.08 Å². The zero-order valence-electron chi connectivity index (χ0n) is 10.2. The van der Waals surface area contributed by atoms with Gasteiger partial charge in [0.05, 0.1) is 12.2 Å². The van der Waals surface area contributed by atoms with Gasteiger partial charge in [-0.15, -0.1) is 6.58 Å². The molecule has 2 N–H and O–H groups in total. The highest BCUT2D eigenvalue weighted by molar-refractivity contribution is 5.80. The molecule has 0 aliphatic rings. The van der Waals surface area contributed by atoms with E-state index in [0.717, 1.165) is 4.90 Å². The van der Waals surface area contributed by atoms with Crippen LogP contribution in [0.15, 0.2) is 24.9 Å². The lowest BCUT2D eigenvalue weighted by atomic mass is 10.4. The first-order chi connectivity index (χ1) is 8.52. The third kappa shape index (κ3) is 4.28. The second kappa shape index (κ2) is 6.43. The molecule has 0 spiro atoms. The number of carboxylic acid groups (broad SMARTS) is 1. The van der Waals surface area contributed by atoms with Crippen molar-refractivity contribution in [3.63, 3.8) is 0 Å². The molecule has 0 saturated heterocycles. The standard InChI is InChI=1S/C11H16N4O3/c1-3-5-15(8-10(16)17)11(18)12-7-9-4-6-14(2)13-9/h3-4,6H,1,5,7-8H2,2H3,(H,12,18)(H,16,17). The number of aryl methyl sites for hydroxylation is 1. The number of nitrogens with zero attached hydrogens (tertiary/aromatic N) is 3. The van der Waals surface area contributed by atoms with Crippen molar-refractivity contribution in [3.05, 3.63) is 30.6 Å². The fraction of sp³-hybridized carbons (Fsp3) is 0.364. The van der Waals surface area contributed by atoms with Gasteiger partial charge in [0.2, 0.25) is 0 Å². The predicted molar refractivity (Wildman–Crippen MR) is 64.8 cm³/mol. The van der Waals surface area contributed by atoms with Crippen LogP contribution in [0.2, 0.25) is 0 Å². The number of carboxylic acids is 1. The number of aromatic nitrogens is 2. The van der Waals surface area contributed by atoms with E-state index < -0.39 is 12.0 Å². The summed E-state index contributed by atoms with van der Waals surface area (Å²) in [5.74, 6) is -1.06. The molecule has 7 heteroatoms. The number of nitrogens with one attached hydrogen (secondary N) is 1. The fourth-order valence-corrected chi connectivity index (χ4v) is 1.37. The second-order valence-electron chi connectivity index (χ2n) is 3.70. The molecule has 0 fully saturated rings. The van der Waals surface area contributed by atoms with E-state index in [4.69, 9.17) is 5.11 Å². The molecule has 1 aromatic rings. The molecular formula is C11H16N4O3. The molecule has 98 valence electrons. The smallest absolute Gasteiger partial charge is 0.323 e. The molecule has 0 aliphatic carbocycles. The van der Waals surface area contributed by atoms with Gasteiger partial charge in [-0.2, -0.15) is 5.10 Å². The van der Waals surface area contributed by atoms with Crippen molar-refractivity contribution < 1.29 is 14.7 Å². The van der Waals surface area contributed by atoms with E-state index in [0.29, 0.717) is 5.69 Å². The average Bonchev–Trinajstić information content (AvgIpc) is 2.71. The third-order valence-electron chi connectivity index (χ3n) is 2.15. The highest BCUT2D eigenvalue weighted by Crippen LogP contribution is 1.95. The Hall–Kier alpha value is -2.31. The van der Waals surface area contributed by atoms with Gasteiger partial charge in [0, 0.05) is 19.8 Å². The molecule has 1 heterocycles. The summed E-state index contributed by atoms with van der Waals surface area (Å²) >= 11 is 0. The van der Waals surface area contributed by atoms with Crippen LogP contribution in [0.1, 0.15) is 5.69 Å². The maximum absolute atomic E-state index is 11.7. The monoisotopic (exact) mass is 252 g/mol. The Kier molecular flexibility index (Phi) is 4.91. The van der Waals surface area contributed by atoms with E-state index in [-0.39, 0.29) is 19.6 Å². The van der Waals surface area contributed by atoms with E-state index in [1.165, 1.54) is 6.08 Å². The molecule has 0 aromatic carbocycles. The quantitative estimate of drug-likeness (QED) is 0.708. The molecule has 0 bridgehead atoms. The van der Waals surface area contributed by atoms with Crippen LogP contribution in [0.3, 0.4) is 0 Å². The number of amides is 2. The van der Waals surface area contributed by atoms with Crippen molar-refractivity contribution in [2.75, 3.05) is 13.1 Å². The van der Waals surface area contributed by atoms with Gasteiger partial charge < -0.3 is 15.3 Å². The molecule has 0 atom stereocenters. The Morgan fingerprint density at radius 2 is 2.39 bits per heavy atom. The van der Waals surface area contributed by atoms with Crippen molar-refractivity contribution >= 4 is 12.0 Å². The third-order valence-corrected chi connectivity index (χ3v) is 2.15. The molecule has 7 nitrogen and oxygen atoms in total. The highest BCUT2D eigenvalue weighted by Gasteiger charge is 2.15. The molecule has 0 radical (unpaired) electrons. The second-order valence-corrected chi connectivity index (χ2v) is 3.70. The molecule has 0 saturated carbocycles. The Morgan fingerprint density at radius 1 is 1.67 bits per heavy atom. The Bertz CT molecular complexity index is 441. The molecule has 18 heavy (non-hydrogen) atoms. The number of aliphatic carboxylic acids is 1. The minimum atomic E-state index is -1.06. The summed E-state index contributed by atoms with van der Waals surface area (Å²) in [5, 5.41) is 15.4. The van der Waals surface area contributed by atoms with Crippen LogP contribution >= 0.6 is 0 Å². The van der Waals surface area contributed by atoms with Crippen molar-refractivity contribution in [2.45, 2.75) is 6.54 Å². The van der Waals surface area contributed by atoms with Crippen LogP contribution in [-0.4, -0.2) is 44.9 Å². The van der Waals surface area contributed by atoms with Gasteiger partial charge in [0.15, 0.2) is 0 Å². The Labute approximate surface area is 105 Å². The lowest BCUT2D eigenvalue weighted by molar-refractivity contribution is -0.137. The number of rotatable bonds is 6. The summed E-state index contributed by atoms with van der Waals surface area (Å²) < 4.78 is 1.63.